The summed E-state index contributed by atoms with van der Waals surface area (Å²) < 4.78 is 5.15. The number of methoxy groups -OCH3 is 1. The van der Waals surface area contributed by atoms with Crippen LogP contribution in [0, 0.1) is 5.92 Å². The van der Waals surface area contributed by atoms with E-state index in [0.717, 1.165) is 11.7 Å². The highest BCUT2D eigenvalue weighted by Crippen LogP contribution is 2.22. The van der Waals surface area contributed by atoms with Crippen molar-refractivity contribution >= 4 is 0 Å². The Morgan fingerprint density at radius 2 is 2.06 bits per heavy atom. The summed E-state index contributed by atoms with van der Waals surface area (Å²) >= 11 is 0. The molecule has 0 aromatic heterocycles. The first kappa shape index (κ1) is 11.3. The molecule has 1 heteroatoms. The summed E-state index contributed by atoms with van der Waals surface area (Å²) in [5.74, 6) is 1.75. The predicted octanol–water partition coefficient (Wildman–Crippen LogP) is 3.98. The van der Waals surface area contributed by atoms with Gasteiger partial charge in [-0.1, -0.05) is 24.3 Å². The second-order valence-corrected chi connectivity index (χ2v) is 4.51. The van der Waals surface area contributed by atoms with E-state index in [1.807, 2.05) is 12.1 Å². The van der Waals surface area contributed by atoms with Crippen LogP contribution in [0.4, 0.5) is 0 Å². The SMILES string of the molecule is COc1ccc(CC[C@H]2C=CCCC2)cc1. The summed E-state index contributed by atoms with van der Waals surface area (Å²) in [7, 11) is 1.71. The van der Waals surface area contributed by atoms with Gasteiger partial charge in [0, 0.05) is 0 Å². The Morgan fingerprint density at radius 3 is 2.69 bits per heavy atom. The number of aryl methyl sites for hydroxylation is 1. The summed E-state index contributed by atoms with van der Waals surface area (Å²) in [6.45, 7) is 0. The molecule has 0 heterocycles. The highest BCUT2D eigenvalue weighted by Gasteiger charge is 2.08. The number of benzene rings is 1. The molecule has 1 nitrogen and oxygen atoms in total. The minimum absolute atomic E-state index is 0.802. The fraction of sp³-hybridized carbons (Fsp3) is 0.467. The maximum absolute atomic E-state index is 5.15. The molecule has 1 aromatic rings. The van der Waals surface area contributed by atoms with Crippen LogP contribution in [0.1, 0.15) is 31.2 Å². The third-order valence-electron chi connectivity index (χ3n) is 3.32. The maximum atomic E-state index is 5.15. The van der Waals surface area contributed by atoms with Crippen molar-refractivity contribution in [1.82, 2.24) is 0 Å². The largest absolute Gasteiger partial charge is 0.497 e. The quantitative estimate of drug-likeness (QED) is 0.692. The molecule has 1 aliphatic rings. The fourth-order valence-corrected chi connectivity index (χ4v) is 2.27. The van der Waals surface area contributed by atoms with Crippen LogP contribution in [0.25, 0.3) is 0 Å². The zero-order valence-corrected chi connectivity index (χ0v) is 9.99. The number of ether oxygens (including phenoxy) is 1. The van der Waals surface area contributed by atoms with Gasteiger partial charge >= 0.3 is 0 Å². The molecule has 0 N–H and O–H groups in total. The molecule has 0 amide bonds. The van der Waals surface area contributed by atoms with Gasteiger partial charge in [0.05, 0.1) is 7.11 Å². The average Bonchev–Trinajstić information content (AvgIpc) is 2.38. The van der Waals surface area contributed by atoms with E-state index >= 15 is 0 Å². The second kappa shape index (κ2) is 5.74. The fourth-order valence-electron chi connectivity index (χ4n) is 2.27. The van der Waals surface area contributed by atoms with E-state index in [4.69, 9.17) is 4.74 Å². The van der Waals surface area contributed by atoms with Crippen LogP contribution >= 0.6 is 0 Å². The molecule has 0 saturated carbocycles. The van der Waals surface area contributed by atoms with Crippen LogP contribution in [-0.4, -0.2) is 7.11 Å². The lowest BCUT2D eigenvalue weighted by Gasteiger charge is -2.15. The lowest BCUT2D eigenvalue weighted by atomic mass is 9.90. The molecule has 0 fully saturated rings. The predicted molar refractivity (Wildman–Crippen MR) is 67.8 cm³/mol. The van der Waals surface area contributed by atoms with Crippen molar-refractivity contribution in [3.63, 3.8) is 0 Å². The van der Waals surface area contributed by atoms with Gasteiger partial charge in [0.1, 0.15) is 5.75 Å². The summed E-state index contributed by atoms with van der Waals surface area (Å²) in [6.07, 6.45) is 11.2. The highest BCUT2D eigenvalue weighted by molar-refractivity contribution is 5.27. The highest BCUT2D eigenvalue weighted by atomic mass is 16.5. The van der Waals surface area contributed by atoms with E-state index in [9.17, 15) is 0 Å². The third kappa shape index (κ3) is 3.13. The molecule has 1 aliphatic carbocycles. The van der Waals surface area contributed by atoms with Crippen molar-refractivity contribution in [3.05, 3.63) is 42.0 Å². The van der Waals surface area contributed by atoms with Crippen LogP contribution in [0.2, 0.25) is 0 Å². The minimum atomic E-state index is 0.802. The smallest absolute Gasteiger partial charge is 0.118 e. The molecule has 0 radical (unpaired) electrons. The van der Waals surface area contributed by atoms with Crippen molar-refractivity contribution in [2.24, 2.45) is 5.92 Å². The lowest BCUT2D eigenvalue weighted by Crippen LogP contribution is -2.02. The van der Waals surface area contributed by atoms with Crippen LogP contribution in [0.5, 0.6) is 5.75 Å². The van der Waals surface area contributed by atoms with Gasteiger partial charge in [-0.25, -0.2) is 0 Å². The van der Waals surface area contributed by atoms with Gasteiger partial charge in [0.25, 0.3) is 0 Å². The van der Waals surface area contributed by atoms with Crippen LogP contribution in [0.15, 0.2) is 36.4 Å². The normalized spacial score (nSPS) is 19.7. The Morgan fingerprint density at radius 1 is 1.25 bits per heavy atom. The van der Waals surface area contributed by atoms with E-state index in [0.29, 0.717) is 0 Å². The van der Waals surface area contributed by atoms with Gasteiger partial charge in [0.2, 0.25) is 0 Å². The summed E-state index contributed by atoms with van der Waals surface area (Å²) in [4.78, 5) is 0. The molecule has 0 aliphatic heterocycles. The van der Waals surface area contributed by atoms with E-state index < -0.39 is 0 Å². The zero-order valence-electron chi connectivity index (χ0n) is 9.99. The third-order valence-corrected chi connectivity index (χ3v) is 3.32. The Labute approximate surface area is 98.1 Å². The van der Waals surface area contributed by atoms with Gasteiger partial charge in [0.15, 0.2) is 0 Å². The zero-order chi connectivity index (χ0) is 11.2. The van der Waals surface area contributed by atoms with Gasteiger partial charge in [-0.05, 0) is 55.7 Å². The topological polar surface area (TPSA) is 9.23 Å². The molecule has 2 rings (SSSR count). The molecule has 86 valence electrons. The summed E-state index contributed by atoms with van der Waals surface area (Å²) in [6, 6.07) is 8.44. The molecular formula is C15H20O. The molecule has 1 atom stereocenters. The Kier molecular flexibility index (Phi) is 4.03. The molecular weight excluding hydrogens is 196 g/mol. The van der Waals surface area contributed by atoms with Crippen LogP contribution < -0.4 is 4.74 Å². The molecule has 0 saturated heterocycles. The second-order valence-electron chi connectivity index (χ2n) is 4.51. The summed E-state index contributed by atoms with van der Waals surface area (Å²) in [5, 5.41) is 0. The maximum Gasteiger partial charge on any atom is 0.118 e. The monoisotopic (exact) mass is 216 g/mol. The first-order valence-corrected chi connectivity index (χ1v) is 6.18. The van der Waals surface area contributed by atoms with Crippen molar-refractivity contribution in [1.29, 1.82) is 0 Å². The first-order chi connectivity index (χ1) is 7.88. The Bertz CT molecular complexity index is 337. The van der Waals surface area contributed by atoms with Crippen molar-refractivity contribution in [2.75, 3.05) is 7.11 Å². The number of hydrogen-bond acceptors (Lipinski definition) is 1. The molecule has 0 unspecified atom stereocenters. The number of rotatable bonds is 4. The number of hydrogen-bond donors (Lipinski definition) is 0. The van der Waals surface area contributed by atoms with Gasteiger partial charge < -0.3 is 4.74 Å². The molecule has 0 spiro atoms. The van der Waals surface area contributed by atoms with Crippen molar-refractivity contribution in [2.45, 2.75) is 32.1 Å². The molecule has 1 aromatic carbocycles. The standard InChI is InChI=1S/C15H20O/c1-16-15-11-9-14(10-12-15)8-7-13-5-3-2-4-6-13/h3,5,9-13H,2,4,6-8H2,1H3/t13-/m0/s1. The first-order valence-electron chi connectivity index (χ1n) is 6.18. The Hall–Kier alpha value is -1.24. The van der Waals surface area contributed by atoms with E-state index in [2.05, 4.69) is 24.3 Å². The average molecular weight is 216 g/mol. The van der Waals surface area contributed by atoms with Crippen molar-refractivity contribution < 1.29 is 4.74 Å². The van der Waals surface area contributed by atoms with Crippen LogP contribution in [-0.2, 0) is 6.42 Å². The van der Waals surface area contributed by atoms with Crippen molar-refractivity contribution in [3.8, 4) is 5.75 Å². The Balaban J connectivity index is 1.84. The van der Waals surface area contributed by atoms with E-state index in [1.54, 1.807) is 7.11 Å². The summed E-state index contributed by atoms with van der Waals surface area (Å²) in [5.41, 5.74) is 1.42. The van der Waals surface area contributed by atoms with Gasteiger partial charge in [-0.3, -0.25) is 0 Å². The number of allylic oxidation sites excluding steroid dienone is 2. The van der Waals surface area contributed by atoms with E-state index in [1.165, 1.54) is 37.7 Å². The minimum Gasteiger partial charge on any atom is -0.497 e. The van der Waals surface area contributed by atoms with Gasteiger partial charge in [-0.2, -0.15) is 0 Å². The van der Waals surface area contributed by atoms with E-state index in [-0.39, 0.29) is 0 Å². The van der Waals surface area contributed by atoms with Crippen LogP contribution in [0.3, 0.4) is 0 Å². The van der Waals surface area contributed by atoms with Gasteiger partial charge in [-0.15, -0.1) is 0 Å². The lowest BCUT2D eigenvalue weighted by molar-refractivity contribution is 0.414. The molecule has 0 bridgehead atoms. The molecule has 16 heavy (non-hydrogen) atoms.